The minimum Gasteiger partial charge on any atom is -0.465 e. The number of esters is 1. The standard InChI is InChI=1S/C31H32FNO5S/c1-3-39(36,37)24-11-6-21(7-12-24)8-15-29(34)33-20-31(16-4-5-17-31)27-18-22(9-14-28(27)33)26-19-23(32)10-13-25(26)30(35)38-2/h6-7,9-14,18-19H,3-5,8,15-17,20H2,1-2H3. The first kappa shape index (κ1) is 27.1. The minimum absolute atomic E-state index is 0.0130. The van der Waals surface area contributed by atoms with Crippen molar-refractivity contribution in [2.24, 2.45) is 0 Å². The number of methoxy groups -OCH3 is 1. The Balaban J connectivity index is 1.42. The maximum atomic E-state index is 14.2. The van der Waals surface area contributed by atoms with Gasteiger partial charge in [0.25, 0.3) is 0 Å². The molecule has 0 saturated heterocycles. The van der Waals surface area contributed by atoms with Gasteiger partial charge in [0, 0.05) is 24.1 Å². The van der Waals surface area contributed by atoms with Gasteiger partial charge in [-0.2, -0.15) is 0 Å². The van der Waals surface area contributed by atoms with Gasteiger partial charge in [0.2, 0.25) is 5.91 Å². The maximum absolute atomic E-state index is 14.2. The number of rotatable bonds is 7. The molecule has 8 heteroatoms. The summed E-state index contributed by atoms with van der Waals surface area (Å²) < 4.78 is 43.3. The van der Waals surface area contributed by atoms with E-state index in [9.17, 15) is 22.4 Å². The number of fused-ring (bicyclic) bond motifs is 2. The van der Waals surface area contributed by atoms with E-state index in [0.717, 1.165) is 48.1 Å². The van der Waals surface area contributed by atoms with Gasteiger partial charge < -0.3 is 9.64 Å². The molecule has 2 aliphatic rings. The summed E-state index contributed by atoms with van der Waals surface area (Å²) in [6, 6.07) is 16.6. The van der Waals surface area contributed by atoms with Crippen LogP contribution in [0, 0.1) is 5.82 Å². The van der Waals surface area contributed by atoms with Gasteiger partial charge in [-0.25, -0.2) is 17.6 Å². The Morgan fingerprint density at radius 1 is 1.00 bits per heavy atom. The second-order valence-electron chi connectivity index (χ2n) is 10.4. The number of amides is 1. The van der Waals surface area contributed by atoms with Crippen molar-refractivity contribution in [3.63, 3.8) is 0 Å². The van der Waals surface area contributed by atoms with E-state index in [4.69, 9.17) is 4.74 Å². The summed E-state index contributed by atoms with van der Waals surface area (Å²) in [7, 11) is -1.96. The average Bonchev–Trinajstić information content (AvgIpc) is 3.56. The lowest BCUT2D eigenvalue weighted by atomic mass is 9.79. The van der Waals surface area contributed by atoms with Crippen LogP contribution in [0.4, 0.5) is 10.1 Å². The normalized spacial score (nSPS) is 15.9. The molecule has 5 rings (SSSR count). The SMILES string of the molecule is CCS(=O)(=O)c1ccc(CCC(=O)N2CC3(CCCC3)c3cc(-c4cc(F)ccc4C(=O)OC)ccc32)cc1. The van der Waals surface area contributed by atoms with Gasteiger partial charge in [-0.05, 0) is 84.0 Å². The largest absolute Gasteiger partial charge is 0.465 e. The first-order valence-corrected chi connectivity index (χ1v) is 15.0. The number of ether oxygens (including phenoxy) is 1. The van der Waals surface area contributed by atoms with Gasteiger partial charge in [0.05, 0.1) is 23.3 Å². The van der Waals surface area contributed by atoms with Gasteiger partial charge in [0.15, 0.2) is 9.84 Å². The molecule has 0 N–H and O–H groups in total. The predicted octanol–water partition coefficient (Wildman–Crippen LogP) is 5.86. The molecule has 0 unspecified atom stereocenters. The summed E-state index contributed by atoms with van der Waals surface area (Å²) in [6.45, 7) is 2.22. The van der Waals surface area contributed by atoms with E-state index in [0.29, 0.717) is 35.4 Å². The molecule has 1 amide bonds. The lowest BCUT2D eigenvalue weighted by molar-refractivity contribution is -0.118. The molecule has 1 aliphatic carbocycles. The molecule has 0 bridgehead atoms. The van der Waals surface area contributed by atoms with Crippen molar-refractivity contribution in [1.82, 2.24) is 0 Å². The number of benzene rings is 3. The maximum Gasteiger partial charge on any atom is 0.338 e. The fraction of sp³-hybridized carbons (Fsp3) is 0.355. The first-order chi connectivity index (χ1) is 18.7. The Labute approximate surface area is 228 Å². The Kier molecular flexibility index (Phi) is 7.33. The Hall–Kier alpha value is -3.52. The zero-order valence-corrected chi connectivity index (χ0v) is 23.0. The van der Waals surface area contributed by atoms with Crippen molar-refractivity contribution < 1.29 is 27.1 Å². The van der Waals surface area contributed by atoms with Crippen LogP contribution in [0.3, 0.4) is 0 Å². The van der Waals surface area contributed by atoms with E-state index < -0.39 is 21.6 Å². The molecule has 3 aromatic rings. The zero-order chi connectivity index (χ0) is 27.8. The monoisotopic (exact) mass is 549 g/mol. The van der Waals surface area contributed by atoms with E-state index in [1.807, 2.05) is 23.1 Å². The number of carbonyl (C=O) groups excluding carboxylic acids is 2. The van der Waals surface area contributed by atoms with Crippen LogP contribution in [0.15, 0.2) is 65.6 Å². The van der Waals surface area contributed by atoms with Crippen LogP contribution in [0.2, 0.25) is 0 Å². The highest BCUT2D eigenvalue weighted by atomic mass is 32.2. The van der Waals surface area contributed by atoms with Crippen molar-refractivity contribution in [3.05, 3.63) is 83.2 Å². The molecular weight excluding hydrogens is 517 g/mol. The van der Waals surface area contributed by atoms with E-state index in [-0.39, 0.29) is 17.1 Å². The fourth-order valence-electron chi connectivity index (χ4n) is 6.00. The summed E-state index contributed by atoms with van der Waals surface area (Å²) in [5.41, 5.74) is 4.17. The number of anilines is 1. The number of nitrogens with zero attached hydrogens (tertiary/aromatic N) is 1. The Morgan fingerprint density at radius 3 is 2.38 bits per heavy atom. The third-order valence-electron chi connectivity index (χ3n) is 8.17. The van der Waals surface area contributed by atoms with Crippen molar-refractivity contribution in [3.8, 4) is 11.1 Å². The van der Waals surface area contributed by atoms with Crippen LogP contribution in [0.5, 0.6) is 0 Å². The summed E-state index contributed by atoms with van der Waals surface area (Å²) in [4.78, 5) is 28.0. The van der Waals surface area contributed by atoms with Crippen molar-refractivity contribution >= 4 is 27.4 Å². The van der Waals surface area contributed by atoms with Crippen molar-refractivity contribution in [2.45, 2.75) is 55.8 Å². The van der Waals surface area contributed by atoms with E-state index in [1.165, 1.54) is 25.3 Å². The lowest BCUT2D eigenvalue weighted by Gasteiger charge is -2.25. The summed E-state index contributed by atoms with van der Waals surface area (Å²) in [5, 5.41) is 0. The number of sulfone groups is 1. The number of carbonyl (C=O) groups is 2. The van der Waals surface area contributed by atoms with Gasteiger partial charge in [-0.15, -0.1) is 0 Å². The molecule has 0 radical (unpaired) electrons. The van der Waals surface area contributed by atoms with Crippen LogP contribution >= 0.6 is 0 Å². The van der Waals surface area contributed by atoms with Gasteiger partial charge in [-0.3, -0.25) is 4.79 Å². The van der Waals surface area contributed by atoms with Crippen molar-refractivity contribution in [1.29, 1.82) is 0 Å². The number of aryl methyl sites for hydroxylation is 1. The second-order valence-corrected chi connectivity index (χ2v) is 12.7. The number of hydrogen-bond acceptors (Lipinski definition) is 5. The second kappa shape index (κ2) is 10.6. The van der Waals surface area contributed by atoms with Crippen molar-refractivity contribution in [2.75, 3.05) is 24.3 Å². The molecule has 6 nitrogen and oxygen atoms in total. The van der Waals surface area contributed by atoms with Crippen LogP contribution in [0.25, 0.3) is 11.1 Å². The minimum atomic E-state index is -3.26. The summed E-state index contributed by atoms with van der Waals surface area (Å²) in [6.07, 6.45) is 4.89. The van der Waals surface area contributed by atoms with E-state index in [2.05, 4.69) is 0 Å². The molecule has 39 heavy (non-hydrogen) atoms. The van der Waals surface area contributed by atoms with E-state index >= 15 is 0 Å². The van der Waals surface area contributed by atoms with Crippen LogP contribution in [-0.2, 0) is 31.2 Å². The highest BCUT2D eigenvalue weighted by Gasteiger charge is 2.46. The third-order valence-corrected chi connectivity index (χ3v) is 9.92. The van der Waals surface area contributed by atoms with Crippen LogP contribution < -0.4 is 4.90 Å². The van der Waals surface area contributed by atoms with Gasteiger partial charge in [-0.1, -0.05) is 38.0 Å². The Bertz CT molecular complexity index is 1530. The molecule has 1 aliphatic heterocycles. The number of halogens is 1. The number of hydrogen-bond donors (Lipinski definition) is 0. The molecule has 0 atom stereocenters. The highest BCUT2D eigenvalue weighted by molar-refractivity contribution is 7.91. The Morgan fingerprint density at radius 2 is 1.72 bits per heavy atom. The molecule has 1 saturated carbocycles. The van der Waals surface area contributed by atoms with Gasteiger partial charge >= 0.3 is 5.97 Å². The highest BCUT2D eigenvalue weighted by Crippen LogP contribution is 2.51. The lowest BCUT2D eigenvalue weighted by Crippen LogP contribution is -2.35. The fourth-order valence-corrected chi connectivity index (χ4v) is 6.88. The molecular formula is C31H32FNO5S. The predicted molar refractivity (Wildman–Crippen MR) is 148 cm³/mol. The molecule has 1 fully saturated rings. The molecule has 3 aromatic carbocycles. The van der Waals surface area contributed by atoms with E-state index in [1.54, 1.807) is 31.2 Å². The third kappa shape index (κ3) is 5.10. The smallest absolute Gasteiger partial charge is 0.338 e. The molecule has 204 valence electrons. The average molecular weight is 550 g/mol. The van der Waals surface area contributed by atoms with Crippen LogP contribution in [0.1, 0.15) is 60.5 Å². The molecule has 0 aromatic heterocycles. The van der Waals surface area contributed by atoms with Gasteiger partial charge in [0.1, 0.15) is 5.82 Å². The topological polar surface area (TPSA) is 80.8 Å². The van der Waals surface area contributed by atoms with Crippen LogP contribution in [-0.4, -0.2) is 39.7 Å². The first-order valence-electron chi connectivity index (χ1n) is 13.3. The quantitative estimate of drug-likeness (QED) is 0.345. The molecule has 1 spiro atoms. The summed E-state index contributed by atoms with van der Waals surface area (Å²) in [5.74, 6) is -0.908. The zero-order valence-electron chi connectivity index (χ0n) is 22.2. The molecule has 1 heterocycles. The summed E-state index contributed by atoms with van der Waals surface area (Å²) >= 11 is 0.